The SMILES string of the molecule is CCNC(C)C=NC. The van der Waals surface area contributed by atoms with Crippen LogP contribution in [0.3, 0.4) is 0 Å². The fraction of sp³-hybridized carbons (Fsp3) is 0.833. The lowest BCUT2D eigenvalue weighted by molar-refractivity contribution is 0.695. The van der Waals surface area contributed by atoms with Gasteiger partial charge in [-0.2, -0.15) is 0 Å². The minimum absolute atomic E-state index is 0.421. The molecule has 0 heterocycles. The minimum Gasteiger partial charge on any atom is -0.310 e. The van der Waals surface area contributed by atoms with Crippen LogP contribution in [-0.2, 0) is 0 Å². The molecule has 2 heteroatoms. The molecule has 0 aromatic rings. The van der Waals surface area contributed by atoms with E-state index < -0.39 is 0 Å². The molecule has 1 unspecified atom stereocenters. The zero-order valence-corrected chi connectivity index (χ0v) is 5.81. The van der Waals surface area contributed by atoms with Crippen molar-refractivity contribution in [2.45, 2.75) is 19.9 Å². The maximum Gasteiger partial charge on any atom is 0.0391 e. The summed E-state index contributed by atoms with van der Waals surface area (Å²) in [6.45, 7) is 5.17. The molecule has 2 nitrogen and oxygen atoms in total. The van der Waals surface area contributed by atoms with Crippen molar-refractivity contribution in [2.24, 2.45) is 4.99 Å². The summed E-state index contributed by atoms with van der Waals surface area (Å²) in [7, 11) is 1.79. The van der Waals surface area contributed by atoms with Crippen molar-refractivity contribution in [3.8, 4) is 0 Å². The van der Waals surface area contributed by atoms with Crippen LogP contribution in [0.25, 0.3) is 0 Å². The zero-order valence-electron chi connectivity index (χ0n) is 5.81. The summed E-state index contributed by atoms with van der Waals surface area (Å²) in [5.74, 6) is 0. The Morgan fingerprint density at radius 1 is 1.75 bits per heavy atom. The molecular formula is C6H14N2. The van der Waals surface area contributed by atoms with Gasteiger partial charge >= 0.3 is 0 Å². The van der Waals surface area contributed by atoms with Crippen LogP contribution in [0.4, 0.5) is 0 Å². The standard InChI is InChI=1S/C6H14N2/c1-4-8-6(2)5-7-3/h5-6,8H,4H2,1-3H3. The molecule has 0 spiro atoms. The fourth-order valence-electron chi connectivity index (χ4n) is 0.598. The van der Waals surface area contributed by atoms with Gasteiger partial charge < -0.3 is 5.32 Å². The normalized spacial score (nSPS) is 14.9. The van der Waals surface area contributed by atoms with E-state index in [0.29, 0.717) is 6.04 Å². The van der Waals surface area contributed by atoms with E-state index in [1.165, 1.54) is 0 Å². The fourth-order valence-corrected chi connectivity index (χ4v) is 0.598. The number of rotatable bonds is 3. The van der Waals surface area contributed by atoms with Gasteiger partial charge in [-0.05, 0) is 13.5 Å². The quantitative estimate of drug-likeness (QED) is 0.536. The first kappa shape index (κ1) is 7.63. The van der Waals surface area contributed by atoms with Crippen LogP contribution in [0.2, 0.25) is 0 Å². The summed E-state index contributed by atoms with van der Waals surface area (Å²) < 4.78 is 0. The zero-order chi connectivity index (χ0) is 6.41. The Bertz CT molecular complexity index is 68.9. The Kier molecular flexibility index (Phi) is 4.56. The van der Waals surface area contributed by atoms with Crippen molar-refractivity contribution in [2.75, 3.05) is 13.6 Å². The molecule has 0 saturated carbocycles. The smallest absolute Gasteiger partial charge is 0.0391 e. The number of hydrogen-bond acceptors (Lipinski definition) is 2. The van der Waals surface area contributed by atoms with Crippen molar-refractivity contribution < 1.29 is 0 Å². The molecule has 0 radical (unpaired) electrons. The predicted molar refractivity (Wildman–Crippen MR) is 37.6 cm³/mol. The van der Waals surface area contributed by atoms with Gasteiger partial charge in [-0.1, -0.05) is 6.92 Å². The topological polar surface area (TPSA) is 24.4 Å². The Balaban J connectivity index is 3.17. The number of hydrogen-bond donors (Lipinski definition) is 1. The van der Waals surface area contributed by atoms with Gasteiger partial charge in [-0.15, -0.1) is 0 Å². The first-order valence-corrected chi connectivity index (χ1v) is 2.97. The number of aliphatic imine (C=N–C) groups is 1. The summed E-state index contributed by atoms with van der Waals surface area (Å²) in [6, 6.07) is 0.421. The third-order valence-corrected chi connectivity index (χ3v) is 0.899. The van der Waals surface area contributed by atoms with Crippen LogP contribution in [0.5, 0.6) is 0 Å². The second-order valence-corrected chi connectivity index (χ2v) is 1.75. The minimum atomic E-state index is 0.421. The molecular weight excluding hydrogens is 100 g/mol. The summed E-state index contributed by atoms with van der Waals surface area (Å²) in [6.07, 6.45) is 1.89. The monoisotopic (exact) mass is 114 g/mol. The van der Waals surface area contributed by atoms with Crippen molar-refractivity contribution in [3.05, 3.63) is 0 Å². The van der Waals surface area contributed by atoms with E-state index in [9.17, 15) is 0 Å². The van der Waals surface area contributed by atoms with E-state index in [1.807, 2.05) is 6.21 Å². The highest BCUT2D eigenvalue weighted by atomic mass is 14.9. The van der Waals surface area contributed by atoms with Crippen molar-refractivity contribution in [1.82, 2.24) is 5.32 Å². The molecule has 0 aliphatic heterocycles. The third-order valence-electron chi connectivity index (χ3n) is 0.899. The molecule has 0 aliphatic carbocycles. The summed E-state index contributed by atoms with van der Waals surface area (Å²) in [5, 5.41) is 3.20. The molecule has 8 heavy (non-hydrogen) atoms. The molecule has 0 aliphatic rings. The number of nitrogens with one attached hydrogen (secondary N) is 1. The van der Waals surface area contributed by atoms with Crippen LogP contribution < -0.4 is 5.32 Å². The molecule has 0 bridgehead atoms. The average Bonchev–Trinajstić information content (AvgIpc) is 1.68. The Morgan fingerprint density at radius 3 is 2.75 bits per heavy atom. The second-order valence-electron chi connectivity index (χ2n) is 1.75. The second kappa shape index (κ2) is 4.78. The van der Waals surface area contributed by atoms with Crippen molar-refractivity contribution >= 4 is 6.21 Å². The lowest BCUT2D eigenvalue weighted by Gasteiger charge is -2.02. The van der Waals surface area contributed by atoms with Gasteiger partial charge in [0.15, 0.2) is 0 Å². The molecule has 1 N–H and O–H groups in total. The van der Waals surface area contributed by atoms with Gasteiger partial charge in [-0.25, -0.2) is 0 Å². The molecule has 0 fully saturated rings. The Hall–Kier alpha value is -0.370. The van der Waals surface area contributed by atoms with Crippen LogP contribution in [0, 0.1) is 0 Å². The molecule has 0 aromatic heterocycles. The Morgan fingerprint density at radius 2 is 2.38 bits per heavy atom. The molecule has 0 saturated heterocycles. The van der Waals surface area contributed by atoms with E-state index in [4.69, 9.17) is 0 Å². The predicted octanol–water partition coefficient (Wildman–Crippen LogP) is 0.685. The van der Waals surface area contributed by atoms with Gasteiger partial charge in [0.1, 0.15) is 0 Å². The van der Waals surface area contributed by atoms with E-state index in [-0.39, 0.29) is 0 Å². The third kappa shape index (κ3) is 3.81. The summed E-state index contributed by atoms with van der Waals surface area (Å²) >= 11 is 0. The van der Waals surface area contributed by atoms with Gasteiger partial charge in [-0.3, -0.25) is 4.99 Å². The first-order chi connectivity index (χ1) is 3.81. The lowest BCUT2D eigenvalue weighted by atomic mass is 10.4. The molecule has 1 atom stereocenters. The van der Waals surface area contributed by atoms with Crippen LogP contribution >= 0.6 is 0 Å². The highest BCUT2D eigenvalue weighted by Gasteiger charge is 1.89. The highest BCUT2D eigenvalue weighted by molar-refractivity contribution is 5.63. The molecule has 0 rings (SSSR count). The van der Waals surface area contributed by atoms with Crippen molar-refractivity contribution in [1.29, 1.82) is 0 Å². The summed E-state index contributed by atoms with van der Waals surface area (Å²) in [4.78, 5) is 3.87. The molecule has 0 amide bonds. The molecule has 48 valence electrons. The van der Waals surface area contributed by atoms with Gasteiger partial charge in [0.05, 0.1) is 0 Å². The largest absolute Gasteiger partial charge is 0.310 e. The van der Waals surface area contributed by atoms with Gasteiger partial charge in [0.25, 0.3) is 0 Å². The van der Waals surface area contributed by atoms with E-state index in [2.05, 4.69) is 24.2 Å². The van der Waals surface area contributed by atoms with Crippen LogP contribution in [0.15, 0.2) is 4.99 Å². The van der Waals surface area contributed by atoms with Gasteiger partial charge in [0.2, 0.25) is 0 Å². The van der Waals surface area contributed by atoms with Crippen LogP contribution in [0.1, 0.15) is 13.8 Å². The highest BCUT2D eigenvalue weighted by Crippen LogP contribution is 1.72. The van der Waals surface area contributed by atoms with Crippen LogP contribution in [-0.4, -0.2) is 25.8 Å². The maximum atomic E-state index is 3.87. The Labute approximate surface area is 51.0 Å². The molecule has 0 aromatic carbocycles. The van der Waals surface area contributed by atoms with E-state index in [0.717, 1.165) is 6.54 Å². The first-order valence-electron chi connectivity index (χ1n) is 2.97. The maximum absolute atomic E-state index is 3.87. The number of nitrogens with zero attached hydrogens (tertiary/aromatic N) is 1. The van der Waals surface area contributed by atoms with Gasteiger partial charge in [0, 0.05) is 19.3 Å². The average molecular weight is 114 g/mol. The lowest BCUT2D eigenvalue weighted by Crippen LogP contribution is -2.26. The van der Waals surface area contributed by atoms with Crippen molar-refractivity contribution in [3.63, 3.8) is 0 Å². The van der Waals surface area contributed by atoms with E-state index in [1.54, 1.807) is 7.05 Å². The van der Waals surface area contributed by atoms with E-state index >= 15 is 0 Å². The summed E-state index contributed by atoms with van der Waals surface area (Å²) in [5.41, 5.74) is 0.